The summed E-state index contributed by atoms with van der Waals surface area (Å²) in [7, 11) is 0. The second-order valence-corrected chi connectivity index (χ2v) is 28.3. The Bertz CT molecular complexity index is 2880. The number of carboxylic acids is 5. The Morgan fingerprint density at radius 2 is 0.904 bits per heavy atom. The zero-order valence-corrected chi connectivity index (χ0v) is 61.9. The molecule has 0 aliphatic heterocycles. The maximum Gasteiger partial charge on any atom is 0.326 e. The van der Waals surface area contributed by atoms with Crippen LogP contribution in [-0.2, 0) is 78.3 Å². The molecule has 0 saturated heterocycles. The van der Waals surface area contributed by atoms with Crippen LogP contribution in [-0.4, -0.2) is 169 Å². The lowest BCUT2D eigenvalue weighted by Crippen LogP contribution is -2.50. The topological polar surface area (TPSA) is 450 Å². The first-order chi connectivity index (χ1) is 49.6. The molecule has 27 heteroatoms. The lowest BCUT2D eigenvalue weighted by molar-refractivity contribution is -0.147. The number of phenolic OH excluding ortho intramolecular Hbond substituents is 1. The van der Waals surface area contributed by atoms with E-state index in [0.717, 1.165) is 51.4 Å². The molecule has 0 heterocycles. The minimum atomic E-state index is -1.64. The summed E-state index contributed by atoms with van der Waals surface area (Å²) in [5.41, 5.74) is 0.707. The van der Waals surface area contributed by atoms with Gasteiger partial charge in [0.15, 0.2) is 11.6 Å². The summed E-state index contributed by atoms with van der Waals surface area (Å²) in [6, 6.07) is 2.29. The second-order valence-electron chi connectivity index (χ2n) is 28.3. The van der Waals surface area contributed by atoms with Crippen LogP contribution in [0.1, 0.15) is 281 Å². The molecule has 0 radical (unpaired) electrons. The molecular formula is C77H128N6O21. The molecule has 1 fully saturated rings. The number of carbonyl (C=O) groups excluding carboxylic acids is 10. The predicted molar refractivity (Wildman–Crippen MR) is 394 cm³/mol. The largest absolute Gasteiger partial charge is 0.508 e. The van der Waals surface area contributed by atoms with Crippen molar-refractivity contribution in [1.29, 1.82) is 0 Å². The number of aromatic hydroxyl groups is 1. The van der Waals surface area contributed by atoms with E-state index in [1.165, 1.54) is 76.8 Å². The maximum atomic E-state index is 13.5. The molecule has 27 nitrogen and oxygen atoms in total. The van der Waals surface area contributed by atoms with E-state index in [4.69, 9.17) is 5.11 Å². The van der Waals surface area contributed by atoms with Crippen molar-refractivity contribution in [2.24, 2.45) is 29.6 Å². The number of aliphatic carboxylic acids is 5. The van der Waals surface area contributed by atoms with Crippen molar-refractivity contribution in [3.63, 3.8) is 0 Å². The molecule has 4 amide bonds. The molecule has 0 aromatic heterocycles. The Labute approximate surface area is 617 Å². The molecule has 1 saturated carbocycles. The minimum absolute atomic E-state index is 0. The van der Waals surface area contributed by atoms with E-state index in [2.05, 4.69) is 31.9 Å². The zero-order chi connectivity index (χ0) is 77.2. The number of benzene rings is 1. The molecule has 1 aromatic carbocycles. The highest BCUT2D eigenvalue weighted by molar-refractivity contribution is 5.93. The average Bonchev–Trinajstić information content (AvgIpc) is 0.879. The Kier molecular flexibility index (Phi) is 48.6. The highest BCUT2D eigenvalue weighted by Crippen LogP contribution is 2.32. The Morgan fingerprint density at radius 1 is 0.433 bits per heavy atom. The van der Waals surface area contributed by atoms with Crippen molar-refractivity contribution in [3.05, 3.63) is 29.8 Å². The van der Waals surface area contributed by atoms with Crippen molar-refractivity contribution in [2.45, 2.75) is 302 Å². The van der Waals surface area contributed by atoms with Crippen LogP contribution in [0.5, 0.6) is 5.75 Å². The fourth-order valence-electron chi connectivity index (χ4n) is 13.1. The molecule has 104 heavy (non-hydrogen) atoms. The van der Waals surface area contributed by atoms with Gasteiger partial charge in [-0.05, 0) is 114 Å². The molecule has 0 spiro atoms. The number of hydrogen-bond acceptors (Lipinski definition) is 18. The van der Waals surface area contributed by atoms with Crippen molar-refractivity contribution in [1.82, 2.24) is 31.9 Å². The first-order valence-electron chi connectivity index (χ1n) is 38.2. The van der Waals surface area contributed by atoms with Gasteiger partial charge in [0.25, 0.3) is 0 Å². The summed E-state index contributed by atoms with van der Waals surface area (Å²) in [4.78, 5) is 189. The van der Waals surface area contributed by atoms with Crippen LogP contribution in [0, 0.1) is 29.6 Å². The molecule has 2 rings (SSSR count). The summed E-state index contributed by atoms with van der Waals surface area (Å²) in [6.45, 7) is 5.20. The van der Waals surface area contributed by atoms with Crippen molar-refractivity contribution >= 4 is 88.2 Å². The zero-order valence-electron chi connectivity index (χ0n) is 61.9. The fourth-order valence-corrected chi connectivity index (χ4v) is 13.1. The van der Waals surface area contributed by atoms with Crippen molar-refractivity contribution in [3.8, 4) is 5.75 Å². The van der Waals surface area contributed by atoms with Gasteiger partial charge in [-0.1, -0.05) is 129 Å². The summed E-state index contributed by atoms with van der Waals surface area (Å²) in [5.74, 6) is -15.3. The van der Waals surface area contributed by atoms with Gasteiger partial charge in [0.2, 0.25) is 23.6 Å². The minimum Gasteiger partial charge on any atom is -0.508 e. The van der Waals surface area contributed by atoms with Crippen LogP contribution in [0.15, 0.2) is 24.3 Å². The van der Waals surface area contributed by atoms with Gasteiger partial charge < -0.3 is 62.5 Å². The van der Waals surface area contributed by atoms with Gasteiger partial charge in [0, 0.05) is 94.4 Å². The third-order valence-corrected chi connectivity index (χ3v) is 19.5. The number of carboxylic acid groups (broad SMARTS) is 5. The molecule has 1 aliphatic carbocycles. The summed E-state index contributed by atoms with van der Waals surface area (Å²) in [6.07, 6.45) is 19.8. The Balaban J connectivity index is 0. The highest BCUT2D eigenvalue weighted by Gasteiger charge is 2.33. The van der Waals surface area contributed by atoms with Gasteiger partial charge in [0.05, 0.1) is 49.0 Å². The van der Waals surface area contributed by atoms with Crippen LogP contribution in [0.3, 0.4) is 0 Å². The number of Topliss-reactive ketones (excluding diaryl/α,β-unsaturated/α-hetero) is 6. The van der Waals surface area contributed by atoms with E-state index in [9.17, 15) is 97.5 Å². The average molecular weight is 1470 g/mol. The fraction of sp³-hybridized carbons (Fsp3) is 0.727. The molecule has 0 bridgehead atoms. The number of amides is 4. The smallest absolute Gasteiger partial charge is 0.326 e. The summed E-state index contributed by atoms with van der Waals surface area (Å²) >= 11 is 0. The Hall–Kier alpha value is -7.81. The predicted octanol–water partition coefficient (Wildman–Crippen LogP) is 10.00. The number of unbranched alkanes of at least 4 members (excludes halogenated alkanes) is 17. The SMILES string of the molecule is CCCC[C@H](NCC(=O)[C@@H](Cc1ccc(O)cc1)NC(C)=O)C(=O)CN[C@@H](CCCCNC(=O)CC[C@H](CC(=O)C[C@H](CC(=O)CC[C@H](NC(=O)CC[C@H](CC(=O)C1CCC(CNC(=O)CCCCCCCCCCCCCCCCCCC(=O)O)CC1)C(=O)O)C(=O)O)C(=O)O)C(=O)O)C(=O)CC.[HH].[HH].[HH]. The van der Waals surface area contributed by atoms with Crippen LogP contribution < -0.4 is 31.9 Å². The molecule has 12 N–H and O–H groups in total. The number of hydrogen-bond donors (Lipinski definition) is 12. The monoisotopic (exact) mass is 1470 g/mol. The van der Waals surface area contributed by atoms with Crippen LogP contribution in [0.4, 0.5) is 0 Å². The standard InChI is InChI=1S/C77H122N6O21.3H2/c1-4-6-25-63(80-51-69(91)65(82-52(3)84)44-53-31-37-59(85)38-32-53)68(90)50-79-62(66(88)5-2)26-23-24-43-78-71(93)41-35-56(74(97)98)45-61(87)47-58(76(101)102)46-60(86)39-40-64(77(103)104)83-72(94)42-36-57(75(99)100)48-67(89)55-33-29-54(30-34-55)49-81-70(92)27-21-19-17-15-13-11-9-7-8-10-12-14-16-18-20-22-28-73(95)96;;;/h31-32,37-38,54-58,62-65,79-80,85H,4-30,33-36,39-51H2,1-3H3,(H,78,93)(H,81,92)(H,82,84)(H,83,94)(H,95,96)(H,97,98)(H,99,100)(H,101,102)(H,103,104);3*1H/t54?,55?,56-,57-,58+,62+,63+,64+,65-;;;/m1.../s1. The second kappa shape index (κ2) is 54.8. The van der Waals surface area contributed by atoms with E-state index in [1.807, 2.05) is 6.92 Å². The number of nitrogens with one attached hydrogen (secondary N) is 6. The molecule has 7 atom stereocenters. The van der Waals surface area contributed by atoms with Gasteiger partial charge in [-0.2, -0.15) is 0 Å². The van der Waals surface area contributed by atoms with Gasteiger partial charge in [0.1, 0.15) is 34.9 Å². The van der Waals surface area contributed by atoms with Crippen LogP contribution in [0.2, 0.25) is 0 Å². The van der Waals surface area contributed by atoms with E-state index >= 15 is 0 Å². The summed E-state index contributed by atoms with van der Waals surface area (Å²) in [5, 5.41) is 74.7. The van der Waals surface area contributed by atoms with E-state index in [-0.39, 0.29) is 115 Å². The third kappa shape index (κ3) is 43.5. The van der Waals surface area contributed by atoms with Crippen molar-refractivity contribution < 1.29 is 107 Å². The molecule has 1 aromatic rings. The molecule has 1 aliphatic rings. The van der Waals surface area contributed by atoms with Gasteiger partial charge >= 0.3 is 29.8 Å². The van der Waals surface area contributed by atoms with Crippen molar-refractivity contribution in [2.75, 3.05) is 26.2 Å². The quantitative estimate of drug-likeness (QED) is 0.0270. The van der Waals surface area contributed by atoms with E-state index in [0.29, 0.717) is 76.3 Å². The van der Waals surface area contributed by atoms with Crippen LogP contribution >= 0.6 is 0 Å². The third-order valence-electron chi connectivity index (χ3n) is 19.5. The van der Waals surface area contributed by atoms with Gasteiger partial charge in [-0.3, -0.25) is 67.1 Å². The normalized spacial score (nSPS) is 15.5. The van der Waals surface area contributed by atoms with Gasteiger partial charge in [-0.25, -0.2) is 4.79 Å². The summed E-state index contributed by atoms with van der Waals surface area (Å²) < 4.78 is 0. The maximum absolute atomic E-state index is 13.5. The molecular weight excluding hydrogens is 1340 g/mol. The lowest BCUT2D eigenvalue weighted by Gasteiger charge is -2.28. The number of ketones is 6. The molecule has 0 unspecified atom stereocenters. The first-order valence-corrected chi connectivity index (χ1v) is 38.2. The lowest BCUT2D eigenvalue weighted by atomic mass is 9.78. The number of phenols is 1. The van der Waals surface area contributed by atoms with Gasteiger partial charge in [-0.15, -0.1) is 0 Å². The molecule has 592 valence electrons. The number of rotatable bonds is 65. The highest BCUT2D eigenvalue weighted by atomic mass is 16.4. The number of carbonyl (C=O) groups is 15. The van der Waals surface area contributed by atoms with E-state index < -0.39 is 140 Å². The first kappa shape index (κ1) is 92.3. The van der Waals surface area contributed by atoms with E-state index in [1.54, 1.807) is 19.1 Å². The Morgan fingerprint density at radius 3 is 1.41 bits per heavy atom. The van der Waals surface area contributed by atoms with Crippen LogP contribution in [0.25, 0.3) is 0 Å².